The van der Waals surface area contributed by atoms with Crippen molar-refractivity contribution in [2.24, 2.45) is 0 Å². The molecule has 0 aliphatic heterocycles. The number of ether oxygens (including phenoxy) is 2. The zero-order valence-corrected chi connectivity index (χ0v) is 12.6. The van der Waals surface area contributed by atoms with E-state index in [1.165, 1.54) is 6.08 Å². The molecular formula is C11H15Cl3O4. The average molecular weight is 318 g/mol. The summed E-state index contributed by atoms with van der Waals surface area (Å²) in [5, 5.41) is 0. The lowest BCUT2D eigenvalue weighted by Crippen LogP contribution is -2.30. The number of hydrogen-bond acceptors (Lipinski definition) is 4. The summed E-state index contributed by atoms with van der Waals surface area (Å²) in [5.41, 5.74) is 0.815. The molecular weight excluding hydrogens is 302 g/mol. The Morgan fingerprint density at radius 1 is 1.22 bits per heavy atom. The van der Waals surface area contributed by atoms with Crippen LogP contribution in [-0.4, -0.2) is 28.4 Å². The van der Waals surface area contributed by atoms with Gasteiger partial charge in [-0.05, 0) is 26.8 Å². The van der Waals surface area contributed by atoms with Crippen LogP contribution in [0.15, 0.2) is 11.6 Å². The van der Waals surface area contributed by atoms with Crippen molar-refractivity contribution in [2.75, 3.05) is 6.61 Å². The number of carbonyl (C=O) groups excluding carboxylic acids is 2. The normalized spacial score (nSPS) is 12.6. The van der Waals surface area contributed by atoms with Crippen molar-refractivity contribution in [3.63, 3.8) is 0 Å². The Balaban J connectivity index is 4.56. The molecule has 0 saturated carbocycles. The molecule has 0 radical (unpaired) electrons. The first-order valence-corrected chi connectivity index (χ1v) is 6.37. The second kappa shape index (κ2) is 7.87. The van der Waals surface area contributed by atoms with Crippen LogP contribution in [-0.2, 0) is 19.1 Å². The highest BCUT2D eigenvalue weighted by atomic mass is 35.6. The van der Waals surface area contributed by atoms with Crippen molar-refractivity contribution in [1.29, 1.82) is 0 Å². The molecule has 0 rings (SSSR count). The van der Waals surface area contributed by atoms with E-state index >= 15 is 0 Å². The van der Waals surface area contributed by atoms with Gasteiger partial charge >= 0.3 is 11.9 Å². The Morgan fingerprint density at radius 3 is 2.17 bits per heavy atom. The average Bonchev–Trinajstić information content (AvgIpc) is 2.14. The molecule has 4 nitrogen and oxygen atoms in total. The largest absolute Gasteiger partial charge is 0.466 e. The van der Waals surface area contributed by atoms with Gasteiger partial charge in [-0.1, -0.05) is 40.4 Å². The second-order valence-corrected chi connectivity index (χ2v) is 6.05. The number of carbonyl (C=O) groups is 2. The van der Waals surface area contributed by atoms with E-state index in [-0.39, 0.29) is 6.61 Å². The third kappa shape index (κ3) is 7.80. The van der Waals surface area contributed by atoms with Crippen LogP contribution in [0, 0.1) is 0 Å². The van der Waals surface area contributed by atoms with E-state index < -0.39 is 28.3 Å². The monoisotopic (exact) mass is 316 g/mol. The van der Waals surface area contributed by atoms with Crippen LogP contribution in [0.3, 0.4) is 0 Å². The fourth-order valence-electron chi connectivity index (χ4n) is 1.01. The Morgan fingerprint density at radius 2 is 1.78 bits per heavy atom. The molecule has 104 valence electrons. The van der Waals surface area contributed by atoms with E-state index in [1.54, 1.807) is 20.8 Å². The first-order chi connectivity index (χ1) is 8.16. The van der Waals surface area contributed by atoms with Crippen LogP contribution in [0.5, 0.6) is 0 Å². The summed E-state index contributed by atoms with van der Waals surface area (Å²) in [4.78, 5) is 22.5. The summed E-state index contributed by atoms with van der Waals surface area (Å²) < 4.78 is 7.75. The SMILES string of the molecule is CCOC(=O)CC(=O)OC(C=C(C)C)C(Cl)(Cl)Cl. The van der Waals surface area contributed by atoms with Crippen molar-refractivity contribution < 1.29 is 19.1 Å². The topological polar surface area (TPSA) is 52.6 Å². The summed E-state index contributed by atoms with van der Waals surface area (Å²) in [5.74, 6) is -1.48. The van der Waals surface area contributed by atoms with E-state index in [0.29, 0.717) is 0 Å². The lowest BCUT2D eigenvalue weighted by molar-refractivity contribution is -0.156. The van der Waals surface area contributed by atoms with Crippen molar-refractivity contribution >= 4 is 46.7 Å². The number of alkyl halides is 3. The number of esters is 2. The number of allylic oxidation sites excluding steroid dienone is 1. The van der Waals surface area contributed by atoms with Gasteiger partial charge in [-0.2, -0.15) is 0 Å². The van der Waals surface area contributed by atoms with Crippen molar-refractivity contribution in [2.45, 2.75) is 37.1 Å². The Labute approximate surface area is 121 Å². The van der Waals surface area contributed by atoms with Gasteiger partial charge in [-0.25, -0.2) is 0 Å². The third-order valence-corrected chi connectivity index (χ3v) is 2.30. The van der Waals surface area contributed by atoms with Crippen molar-refractivity contribution in [1.82, 2.24) is 0 Å². The van der Waals surface area contributed by atoms with Gasteiger partial charge in [0.2, 0.25) is 3.79 Å². The first kappa shape index (κ1) is 17.6. The van der Waals surface area contributed by atoms with Crippen molar-refractivity contribution in [3.8, 4) is 0 Å². The lowest BCUT2D eigenvalue weighted by atomic mass is 10.2. The van der Waals surface area contributed by atoms with Crippen LogP contribution in [0.25, 0.3) is 0 Å². The highest BCUT2D eigenvalue weighted by Crippen LogP contribution is 2.33. The molecule has 0 bridgehead atoms. The number of halogens is 3. The van der Waals surface area contributed by atoms with Crippen LogP contribution in [0.4, 0.5) is 0 Å². The minimum absolute atomic E-state index is 0.188. The smallest absolute Gasteiger partial charge is 0.317 e. The molecule has 0 aliphatic carbocycles. The van der Waals surface area contributed by atoms with Gasteiger partial charge in [0, 0.05) is 0 Å². The van der Waals surface area contributed by atoms with Gasteiger partial charge in [0.05, 0.1) is 6.61 Å². The predicted octanol–water partition coefficient (Wildman–Crippen LogP) is 3.19. The first-order valence-electron chi connectivity index (χ1n) is 5.23. The minimum atomic E-state index is -1.79. The van der Waals surface area contributed by atoms with Crippen LogP contribution < -0.4 is 0 Å². The minimum Gasteiger partial charge on any atom is -0.466 e. The molecule has 0 amide bonds. The summed E-state index contributed by atoms with van der Waals surface area (Å²) in [7, 11) is 0. The molecule has 0 saturated heterocycles. The van der Waals surface area contributed by atoms with E-state index in [0.717, 1.165) is 5.57 Å². The van der Waals surface area contributed by atoms with Gasteiger partial charge in [0.25, 0.3) is 0 Å². The maximum absolute atomic E-state index is 11.4. The second-order valence-electron chi connectivity index (χ2n) is 3.68. The van der Waals surface area contributed by atoms with Crippen LogP contribution >= 0.6 is 34.8 Å². The molecule has 1 unspecified atom stereocenters. The summed E-state index contributed by atoms with van der Waals surface area (Å²) in [6, 6.07) is 0. The summed E-state index contributed by atoms with van der Waals surface area (Å²) >= 11 is 17.0. The number of hydrogen-bond donors (Lipinski definition) is 0. The van der Waals surface area contributed by atoms with Gasteiger partial charge < -0.3 is 9.47 Å². The maximum atomic E-state index is 11.4. The predicted molar refractivity (Wildman–Crippen MR) is 70.9 cm³/mol. The Bertz CT molecular complexity index is 330. The molecule has 0 aromatic heterocycles. The highest BCUT2D eigenvalue weighted by molar-refractivity contribution is 6.68. The van der Waals surface area contributed by atoms with Gasteiger partial charge in [-0.3, -0.25) is 9.59 Å². The fourth-order valence-corrected chi connectivity index (χ4v) is 1.33. The van der Waals surface area contributed by atoms with Gasteiger partial charge in [0.1, 0.15) is 6.42 Å². The molecule has 0 N–H and O–H groups in total. The molecule has 0 aromatic rings. The van der Waals surface area contributed by atoms with E-state index in [4.69, 9.17) is 39.5 Å². The molecule has 0 aromatic carbocycles. The molecule has 1 atom stereocenters. The molecule has 0 aliphatic rings. The van der Waals surface area contributed by atoms with Crippen LogP contribution in [0.2, 0.25) is 0 Å². The van der Waals surface area contributed by atoms with Gasteiger partial charge in [-0.15, -0.1) is 0 Å². The quantitative estimate of drug-likeness (QED) is 0.338. The van der Waals surface area contributed by atoms with E-state index in [9.17, 15) is 9.59 Å². The summed E-state index contributed by atoms with van der Waals surface area (Å²) in [6.07, 6.45) is -0.0630. The third-order valence-electron chi connectivity index (χ3n) is 1.66. The maximum Gasteiger partial charge on any atom is 0.317 e. The highest BCUT2D eigenvalue weighted by Gasteiger charge is 2.34. The molecule has 18 heavy (non-hydrogen) atoms. The lowest BCUT2D eigenvalue weighted by Gasteiger charge is -2.21. The zero-order valence-electron chi connectivity index (χ0n) is 10.3. The van der Waals surface area contributed by atoms with Gasteiger partial charge in [0.15, 0.2) is 6.10 Å². The van der Waals surface area contributed by atoms with Crippen molar-refractivity contribution in [3.05, 3.63) is 11.6 Å². The summed E-state index contributed by atoms with van der Waals surface area (Å²) in [6.45, 7) is 5.36. The Hall–Kier alpha value is -0.450. The van der Waals surface area contributed by atoms with E-state index in [1.807, 2.05) is 0 Å². The van der Waals surface area contributed by atoms with Crippen LogP contribution in [0.1, 0.15) is 27.2 Å². The standard InChI is InChI=1S/C11H15Cl3O4/c1-4-17-9(15)6-10(16)18-8(5-7(2)3)11(12,13)14/h5,8H,4,6H2,1-3H3. The number of rotatable bonds is 5. The Kier molecular flexibility index (Phi) is 7.67. The molecule has 0 fully saturated rings. The van der Waals surface area contributed by atoms with E-state index in [2.05, 4.69) is 4.74 Å². The fraction of sp³-hybridized carbons (Fsp3) is 0.636. The molecule has 0 heterocycles. The zero-order chi connectivity index (χ0) is 14.3. The molecule has 0 spiro atoms. The molecule has 7 heteroatoms.